The van der Waals surface area contributed by atoms with Gasteiger partial charge in [0.1, 0.15) is 0 Å². The minimum absolute atomic E-state index is 0.143. The Bertz CT molecular complexity index is 1020. The number of sulfone groups is 1. The van der Waals surface area contributed by atoms with Crippen molar-refractivity contribution in [1.82, 2.24) is 4.98 Å². The summed E-state index contributed by atoms with van der Waals surface area (Å²) in [7, 11) is -3.37. The van der Waals surface area contributed by atoms with Gasteiger partial charge < -0.3 is 10.2 Å². The SMILES string of the molecule is CS(=O)(=O)c1ccc(C2=C(c3ccc(C(F)(F)F)cn3)CC(CO)(CO)C2)cc1. The van der Waals surface area contributed by atoms with Crippen molar-refractivity contribution >= 4 is 21.0 Å². The van der Waals surface area contributed by atoms with Gasteiger partial charge in [0.25, 0.3) is 0 Å². The fourth-order valence-corrected chi connectivity index (χ4v) is 4.09. The van der Waals surface area contributed by atoms with Crippen LogP contribution in [0.1, 0.15) is 29.7 Å². The number of hydrogen-bond donors (Lipinski definition) is 2. The molecule has 29 heavy (non-hydrogen) atoms. The molecule has 0 amide bonds. The number of allylic oxidation sites excluding steroid dienone is 2. The van der Waals surface area contributed by atoms with Gasteiger partial charge in [0.05, 0.1) is 29.4 Å². The van der Waals surface area contributed by atoms with Crippen LogP contribution in [0.4, 0.5) is 13.2 Å². The van der Waals surface area contributed by atoms with Gasteiger partial charge in [0, 0.05) is 17.9 Å². The number of aromatic nitrogens is 1. The third kappa shape index (κ3) is 4.36. The Labute approximate surface area is 166 Å². The van der Waals surface area contributed by atoms with Crippen molar-refractivity contribution in [3.8, 4) is 0 Å². The molecule has 0 saturated heterocycles. The predicted molar refractivity (Wildman–Crippen MR) is 101 cm³/mol. The molecular formula is C20H20F3NO4S. The second kappa shape index (κ2) is 7.55. The van der Waals surface area contributed by atoms with E-state index >= 15 is 0 Å². The Hall–Kier alpha value is -2.23. The zero-order valence-electron chi connectivity index (χ0n) is 15.6. The van der Waals surface area contributed by atoms with Gasteiger partial charge in [0.15, 0.2) is 9.84 Å². The molecule has 9 heteroatoms. The van der Waals surface area contributed by atoms with E-state index in [-0.39, 0.29) is 31.0 Å². The number of pyridine rings is 1. The number of alkyl halides is 3. The highest BCUT2D eigenvalue weighted by atomic mass is 32.2. The van der Waals surface area contributed by atoms with Crippen LogP contribution in [0, 0.1) is 5.41 Å². The molecule has 2 N–H and O–H groups in total. The number of benzene rings is 1. The van der Waals surface area contributed by atoms with Crippen LogP contribution in [-0.4, -0.2) is 43.1 Å². The summed E-state index contributed by atoms with van der Waals surface area (Å²) in [6.45, 7) is -0.614. The largest absolute Gasteiger partial charge is 0.417 e. The molecule has 0 radical (unpaired) electrons. The molecule has 0 bridgehead atoms. The lowest BCUT2D eigenvalue weighted by Gasteiger charge is -2.24. The van der Waals surface area contributed by atoms with Gasteiger partial charge in [-0.15, -0.1) is 0 Å². The summed E-state index contributed by atoms with van der Waals surface area (Å²) in [6, 6.07) is 8.34. The summed E-state index contributed by atoms with van der Waals surface area (Å²) in [5.74, 6) is 0. The van der Waals surface area contributed by atoms with E-state index in [0.29, 0.717) is 22.4 Å². The molecule has 0 fully saturated rings. The first kappa shape index (κ1) is 21.5. The van der Waals surface area contributed by atoms with E-state index in [4.69, 9.17) is 0 Å². The van der Waals surface area contributed by atoms with E-state index in [0.717, 1.165) is 18.5 Å². The molecule has 0 atom stereocenters. The molecule has 3 rings (SSSR count). The first-order valence-corrected chi connectivity index (χ1v) is 10.7. The van der Waals surface area contributed by atoms with Crippen LogP contribution < -0.4 is 0 Å². The lowest BCUT2D eigenvalue weighted by molar-refractivity contribution is -0.137. The Morgan fingerprint density at radius 3 is 2.03 bits per heavy atom. The maximum Gasteiger partial charge on any atom is 0.417 e. The fourth-order valence-electron chi connectivity index (χ4n) is 3.46. The monoisotopic (exact) mass is 427 g/mol. The van der Waals surface area contributed by atoms with Gasteiger partial charge in [-0.2, -0.15) is 13.2 Å². The van der Waals surface area contributed by atoms with Gasteiger partial charge in [-0.3, -0.25) is 4.98 Å². The number of rotatable bonds is 5. The molecule has 0 unspecified atom stereocenters. The summed E-state index contributed by atoms with van der Waals surface area (Å²) in [5.41, 5.74) is 0.593. The zero-order valence-corrected chi connectivity index (χ0v) is 16.4. The Kier molecular flexibility index (Phi) is 5.59. The van der Waals surface area contributed by atoms with E-state index < -0.39 is 27.0 Å². The van der Waals surface area contributed by atoms with Crippen LogP contribution in [0.15, 0.2) is 47.5 Å². The second-order valence-electron chi connectivity index (χ2n) is 7.35. The molecule has 0 saturated carbocycles. The van der Waals surface area contributed by atoms with E-state index in [1.807, 2.05) is 0 Å². The summed E-state index contributed by atoms with van der Waals surface area (Å²) < 4.78 is 61.9. The first-order valence-electron chi connectivity index (χ1n) is 8.77. The van der Waals surface area contributed by atoms with Crippen molar-refractivity contribution in [1.29, 1.82) is 0 Å². The highest BCUT2D eigenvalue weighted by molar-refractivity contribution is 7.90. The topological polar surface area (TPSA) is 87.5 Å². The molecule has 156 valence electrons. The molecular weight excluding hydrogens is 407 g/mol. The van der Waals surface area contributed by atoms with Crippen LogP contribution in [0.5, 0.6) is 0 Å². The van der Waals surface area contributed by atoms with Crippen molar-refractivity contribution in [3.05, 3.63) is 59.4 Å². The van der Waals surface area contributed by atoms with Crippen molar-refractivity contribution in [3.63, 3.8) is 0 Å². The molecule has 1 aromatic heterocycles. The summed E-state index contributed by atoms with van der Waals surface area (Å²) in [6.07, 6.45) is -2.13. The quantitative estimate of drug-likeness (QED) is 0.765. The Morgan fingerprint density at radius 2 is 1.59 bits per heavy atom. The molecule has 1 aliphatic carbocycles. The number of aliphatic hydroxyl groups excluding tert-OH is 2. The normalized spacial score (nSPS) is 17.0. The molecule has 1 aliphatic rings. The smallest absolute Gasteiger partial charge is 0.396 e. The van der Waals surface area contributed by atoms with Gasteiger partial charge in [-0.25, -0.2) is 8.42 Å². The summed E-state index contributed by atoms with van der Waals surface area (Å²) >= 11 is 0. The van der Waals surface area contributed by atoms with E-state index in [1.165, 1.54) is 18.2 Å². The zero-order chi connectivity index (χ0) is 21.4. The lowest BCUT2D eigenvalue weighted by Crippen LogP contribution is -2.27. The third-order valence-electron chi connectivity index (χ3n) is 5.17. The summed E-state index contributed by atoms with van der Waals surface area (Å²) in [4.78, 5) is 4.10. The van der Waals surface area contributed by atoms with Crippen molar-refractivity contribution in [2.24, 2.45) is 5.41 Å². The van der Waals surface area contributed by atoms with Gasteiger partial charge in [-0.1, -0.05) is 12.1 Å². The minimum Gasteiger partial charge on any atom is -0.396 e. The highest BCUT2D eigenvalue weighted by Gasteiger charge is 2.39. The van der Waals surface area contributed by atoms with E-state index in [2.05, 4.69) is 4.98 Å². The van der Waals surface area contributed by atoms with E-state index in [1.54, 1.807) is 12.1 Å². The first-order chi connectivity index (χ1) is 13.5. The Balaban J connectivity index is 2.08. The average Bonchev–Trinajstić information content (AvgIpc) is 3.07. The number of hydrogen-bond acceptors (Lipinski definition) is 5. The fraction of sp³-hybridized carbons (Fsp3) is 0.350. The van der Waals surface area contributed by atoms with Crippen LogP contribution in [0.2, 0.25) is 0 Å². The standard InChI is InChI=1S/C20H20F3NO4S/c1-29(27,28)15-5-2-13(3-6-15)16-8-19(11-25,12-26)9-17(16)18-7-4-14(10-24-18)20(21,22)23/h2-7,10,25-26H,8-9,11-12H2,1H3. The number of halogens is 3. The van der Waals surface area contributed by atoms with Crippen LogP contribution >= 0.6 is 0 Å². The third-order valence-corrected chi connectivity index (χ3v) is 6.30. The minimum atomic E-state index is -4.50. The maximum absolute atomic E-state index is 12.8. The molecule has 1 heterocycles. The van der Waals surface area contributed by atoms with Crippen LogP contribution in [-0.2, 0) is 16.0 Å². The van der Waals surface area contributed by atoms with E-state index in [9.17, 15) is 31.8 Å². The summed E-state index contributed by atoms with van der Waals surface area (Å²) in [5, 5.41) is 19.6. The van der Waals surface area contributed by atoms with Gasteiger partial charge >= 0.3 is 6.18 Å². The van der Waals surface area contributed by atoms with Crippen molar-refractivity contribution in [2.75, 3.05) is 19.5 Å². The molecule has 0 aliphatic heterocycles. The lowest BCUT2D eigenvalue weighted by atomic mass is 9.85. The van der Waals surface area contributed by atoms with Crippen LogP contribution in [0.3, 0.4) is 0 Å². The van der Waals surface area contributed by atoms with Gasteiger partial charge in [0.2, 0.25) is 0 Å². The molecule has 1 aromatic carbocycles. The molecule has 0 spiro atoms. The molecule has 5 nitrogen and oxygen atoms in total. The highest BCUT2D eigenvalue weighted by Crippen LogP contribution is 2.49. The second-order valence-corrected chi connectivity index (χ2v) is 9.37. The average molecular weight is 427 g/mol. The van der Waals surface area contributed by atoms with Gasteiger partial charge in [-0.05, 0) is 53.8 Å². The molecule has 2 aromatic rings. The Morgan fingerprint density at radius 1 is 1.00 bits per heavy atom. The van der Waals surface area contributed by atoms with Crippen molar-refractivity contribution in [2.45, 2.75) is 23.9 Å². The number of nitrogens with zero attached hydrogens (tertiary/aromatic N) is 1. The van der Waals surface area contributed by atoms with Crippen LogP contribution in [0.25, 0.3) is 11.1 Å². The maximum atomic E-state index is 12.8. The number of aliphatic hydroxyl groups is 2. The van der Waals surface area contributed by atoms with Crippen molar-refractivity contribution < 1.29 is 31.8 Å². The predicted octanol–water partition coefficient (Wildman–Crippen LogP) is 3.18.